The normalized spacial score (nSPS) is 11.7. The highest BCUT2D eigenvalue weighted by Gasteiger charge is 2.08. The first-order chi connectivity index (χ1) is 10.7. The predicted molar refractivity (Wildman–Crippen MR) is 87.2 cm³/mol. The van der Waals surface area contributed by atoms with Crippen LogP contribution in [0.25, 0.3) is 0 Å². The van der Waals surface area contributed by atoms with Crippen molar-refractivity contribution < 1.29 is 13.7 Å². The highest BCUT2D eigenvalue weighted by Crippen LogP contribution is 2.14. The number of methoxy groups -OCH3 is 1. The molecule has 0 fully saturated rings. The summed E-state index contributed by atoms with van der Waals surface area (Å²) in [5.41, 5.74) is 0.983. The Bertz CT molecular complexity index is 631. The van der Waals surface area contributed by atoms with Crippen molar-refractivity contribution >= 4 is 17.2 Å². The van der Waals surface area contributed by atoms with Gasteiger partial charge in [-0.05, 0) is 29.8 Å². The molecule has 2 aromatic carbocycles. The summed E-state index contributed by atoms with van der Waals surface area (Å²) in [5, 5.41) is 0. The molecule has 0 aliphatic heterocycles. The quantitative estimate of drug-likeness (QED) is 0.703. The minimum absolute atomic E-state index is 0.423. The van der Waals surface area contributed by atoms with Crippen LogP contribution in [0.15, 0.2) is 59.5 Å². The van der Waals surface area contributed by atoms with Crippen LogP contribution in [0.5, 0.6) is 5.75 Å². The van der Waals surface area contributed by atoms with E-state index >= 15 is 0 Å². The van der Waals surface area contributed by atoms with Crippen molar-refractivity contribution in [2.75, 3.05) is 19.4 Å². The van der Waals surface area contributed by atoms with E-state index in [-0.39, 0.29) is 0 Å². The number of carbonyl (C=O) groups excluding carboxylic acids is 1. The Morgan fingerprint density at radius 3 is 2.59 bits per heavy atom. The third-order valence-electron chi connectivity index (χ3n) is 3.24. The second kappa shape index (κ2) is 8.34. The van der Waals surface area contributed by atoms with Crippen LogP contribution >= 0.6 is 0 Å². The molecule has 1 atom stereocenters. The van der Waals surface area contributed by atoms with Gasteiger partial charge < -0.3 is 9.64 Å². The first-order valence-electron chi connectivity index (χ1n) is 6.98. The van der Waals surface area contributed by atoms with Gasteiger partial charge in [0.25, 0.3) is 0 Å². The maximum atomic E-state index is 12.2. The van der Waals surface area contributed by atoms with Gasteiger partial charge in [0.05, 0.1) is 17.9 Å². The lowest BCUT2D eigenvalue weighted by atomic mass is 10.2. The maximum Gasteiger partial charge on any atom is 0.210 e. The van der Waals surface area contributed by atoms with E-state index in [9.17, 15) is 9.00 Å². The molecular formula is C17H19NO3S. The Hall–Kier alpha value is -2.14. The Labute approximate surface area is 133 Å². The van der Waals surface area contributed by atoms with E-state index in [1.54, 1.807) is 12.0 Å². The zero-order valence-corrected chi connectivity index (χ0v) is 13.3. The minimum Gasteiger partial charge on any atom is -0.497 e. The molecule has 0 aliphatic rings. The van der Waals surface area contributed by atoms with Gasteiger partial charge in [0.15, 0.2) is 0 Å². The van der Waals surface area contributed by atoms with Gasteiger partial charge >= 0.3 is 0 Å². The van der Waals surface area contributed by atoms with Gasteiger partial charge in [0.2, 0.25) is 6.41 Å². The molecule has 2 rings (SSSR count). The van der Waals surface area contributed by atoms with Gasteiger partial charge in [-0.15, -0.1) is 0 Å². The monoisotopic (exact) mass is 317 g/mol. The zero-order valence-electron chi connectivity index (χ0n) is 12.5. The number of hydrogen-bond donors (Lipinski definition) is 0. The lowest BCUT2D eigenvalue weighted by molar-refractivity contribution is -0.118. The summed E-state index contributed by atoms with van der Waals surface area (Å²) < 4.78 is 17.3. The van der Waals surface area contributed by atoms with Crippen molar-refractivity contribution in [1.29, 1.82) is 0 Å². The maximum absolute atomic E-state index is 12.2. The molecule has 116 valence electrons. The lowest BCUT2D eigenvalue weighted by Gasteiger charge is -2.17. The van der Waals surface area contributed by atoms with Crippen molar-refractivity contribution in [2.45, 2.75) is 11.4 Å². The first kappa shape index (κ1) is 16.2. The highest BCUT2D eigenvalue weighted by atomic mass is 32.2. The Kier molecular flexibility index (Phi) is 6.15. The Morgan fingerprint density at radius 1 is 1.14 bits per heavy atom. The molecule has 5 heteroatoms. The first-order valence-corrected chi connectivity index (χ1v) is 8.30. The second-order valence-electron chi connectivity index (χ2n) is 4.79. The number of hydrogen-bond acceptors (Lipinski definition) is 3. The van der Waals surface area contributed by atoms with Crippen molar-refractivity contribution in [1.82, 2.24) is 4.90 Å². The second-order valence-corrected chi connectivity index (χ2v) is 6.36. The largest absolute Gasteiger partial charge is 0.497 e. The molecule has 2 aromatic rings. The molecule has 22 heavy (non-hydrogen) atoms. The topological polar surface area (TPSA) is 46.6 Å². The summed E-state index contributed by atoms with van der Waals surface area (Å²) in [6.07, 6.45) is 0.793. The lowest BCUT2D eigenvalue weighted by Crippen LogP contribution is -2.26. The fourth-order valence-electron chi connectivity index (χ4n) is 2.06. The van der Waals surface area contributed by atoms with Crippen molar-refractivity contribution in [2.24, 2.45) is 0 Å². The van der Waals surface area contributed by atoms with E-state index in [1.165, 1.54) is 0 Å². The average molecular weight is 317 g/mol. The van der Waals surface area contributed by atoms with Crippen LogP contribution < -0.4 is 4.74 Å². The summed E-state index contributed by atoms with van der Waals surface area (Å²) in [4.78, 5) is 13.6. The predicted octanol–water partition coefficient (Wildman–Crippen LogP) is 2.46. The van der Waals surface area contributed by atoms with Gasteiger partial charge in [-0.1, -0.05) is 30.3 Å². The molecule has 0 radical (unpaired) electrons. The van der Waals surface area contributed by atoms with Gasteiger partial charge in [0, 0.05) is 23.7 Å². The Morgan fingerprint density at radius 2 is 1.91 bits per heavy atom. The summed E-state index contributed by atoms with van der Waals surface area (Å²) >= 11 is 0. The van der Waals surface area contributed by atoms with E-state index < -0.39 is 10.8 Å². The van der Waals surface area contributed by atoms with Crippen LogP contribution in [0.2, 0.25) is 0 Å². The molecule has 0 N–H and O–H groups in total. The van der Waals surface area contributed by atoms with Gasteiger partial charge in [0.1, 0.15) is 5.75 Å². The molecule has 0 aliphatic carbocycles. The van der Waals surface area contributed by atoms with E-state index in [0.717, 1.165) is 22.6 Å². The molecule has 0 saturated carbocycles. The summed E-state index contributed by atoms with van der Waals surface area (Å²) in [6.45, 7) is 0.926. The van der Waals surface area contributed by atoms with Crippen LogP contribution in [-0.4, -0.2) is 34.9 Å². The third-order valence-corrected chi connectivity index (χ3v) is 4.59. The smallest absolute Gasteiger partial charge is 0.210 e. The van der Waals surface area contributed by atoms with Crippen LogP contribution in [0.3, 0.4) is 0 Å². The van der Waals surface area contributed by atoms with Crippen LogP contribution in [-0.2, 0) is 22.1 Å². The molecule has 0 spiro atoms. The number of benzene rings is 2. The van der Waals surface area contributed by atoms with E-state index in [4.69, 9.17) is 4.74 Å². The zero-order chi connectivity index (χ0) is 15.8. The van der Waals surface area contributed by atoms with Gasteiger partial charge in [-0.2, -0.15) is 0 Å². The van der Waals surface area contributed by atoms with E-state index in [0.29, 0.717) is 18.8 Å². The van der Waals surface area contributed by atoms with Crippen LogP contribution in [0, 0.1) is 0 Å². The third kappa shape index (κ3) is 4.70. The molecule has 0 bridgehead atoms. The van der Waals surface area contributed by atoms with Gasteiger partial charge in [-0.25, -0.2) is 0 Å². The number of carbonyl (C=O) groups is 1. The number of ether oxygens (including phenoxy) is 1. The molecule has 0 heterocycles. The molecule has 0 aromatic heterocycles. The van der Waals surface area contributed by atoms with Crippen molar-refractivity contribution in [3.05, 3.63) is 60.2 Å². The van der Waals surface area contributed by atoms with Crippen molar-refractivity contribution in [3.63, 3.8) is 0 Å². The Balaban J connectivity index is 1.92. The van der Waals surface area contributed by atoms with Gasteiger partial charge in [-0.3, -0.25) is 9.00 Å². The number of nitrogens with zero attached hydrogens (tertiary/aromatic N) is 1. The molecular weight excluding hydrogens is 298 g/mol. The average Bonchev–Trinajstić information content (AvgIpc) is 2.59. The highest BCUT2D eigenvalue weighted by molar-refractivity contribution is 7.85. The fourth-order valence-corrected chi connectivity index (χ4v) is 3.16. The molecule has 1 amide bonds. The van der Waals surface area contributed by atoms with Crippen molar-refractivity contribution in [3.8, 4) is 5.75 Å². The summed E-state index contributed by atoms with van der Waals surface area (Å²) in [5.74, 6) is 1.18. The summed E-state index contributed by atoms with van der Waals surface area (Å²) in [7, 11) is 0.516. The fraction of sp³-hybridized carbons (Fsp3) is 0.235. The standard InChI is InChI=1S/C17H19NO3S/c1-21-16-7-5-6-15(12-16)13-18(14-19)10-11-22(20)17-8-3-2-4-9-17/h2-9,12,14H,10-11,13H2,1H3. The molecule has 1 unspecified atom stereocenters. The van der Waals surface area contributed by atoms with Crippen LogP contribution in [0.4, 0.5) is 0 Å². The van der Waals surface area contributed by atoms with E-state index in [1.807, 2.05) is 54.6 Å². The van der Waals surface area contributed by atoms with E-state index in [2.05, 4.69) is 0 Å². The SMILES string of the molecule is COc1cccc(CN(C=O)CCS(=O)c2ccccc2)c1. The molecule has 0 saturated heterocycles. The molecule has 4 nitrogen and oxygen atoms in total. The minimum atomic E-state index is -1.09. The van der Waals surface area contributed by atoms with Crippen LogP contribution in [0.1, 0.15) is 5.56 Å². The summed E-state index contributed by atoms with van der Waals surface area (Å²) in [6, 6.07) is 16.9. The number of amides is 1. The number of rotatable bonds is 8.